The van der Waals surface area contributed by atoms with Crippen molar-refractivity contribution in [1.29, 1.82) is 0 Å². The number of halogens is 5. The minimum atomic E-state index is -1.49. The standard InChI is InChI=1S/C27H18BrF4N3O2/c1-27(8-10-36-24-16(27)3-2-4-17(24)28)19-12-34-26(35-19)15-11-13(5-6-18(15)29)37-25-20(30)14-7-9-33-23(14)21(31)22(25)32/h2-7,9,11-12,33H,8,10H2,1H3,(H,34,35)/t27-/m1/s1. The predicted molar refractivity (Wildman–Crippen MR) is 133 cm³/mol. The predicted octanol–water partition coefficient (Wildman–Crippen LogP) is 7.76. The lowest BCUT2D eigenvalue weighted by Crippen LogP contribution is -2.31. The molecule has 0 spiro atoms. The van der Waals surface area contributed by atoms with E-state index in [1.54, 1.807) is 6.20 Å². The number of para-hydroxylation sites is 1. The molecular formula is C27H18BrF4N3O2. The Hall–Kier alpha value is -3.79. The molecule has 1 atom stereocenters. The Balaban J connectivity index is 1.38. The van der Waals surface area contributed by atoms with Gasteiger partial charge in [-0.2, -0.15) is 4.39 Å². The van der Waals surface area contributed by atoms with Gasteiger partial charge in [-0.15, -0.1) is 0 Å². The van der Waals surface area contributed by atoms with Gasteiger partial charge in [-0.25, -0.2) is 18.2 Å². The molecule has 0 unspecified atom stereocenters. The summed E-state index contributed by atoms with van der Waals surface area (Å²) in [5, 5.41) is -0.163. The van der Waals surface area contributed by atoms with Crippen molar-refractivity contribution < 1.29 is 27.0 Å². The van der Waals surface area contributed by atoms with Crippen LogP contribution in [0.4, 0.5) is 17.6 Å². The second kappa shape index (κ2) is 8.65. The number of imidazole rings is 1. The maximum Gasteiger partial charge on any atom is 0.206 e. The molecule has 0 amide bonds. The fourth-order valence-electron chi connectivity index (χ4n) is 4.71. The van der Waals surface area contributed by atoms with Crippen molar-refractivity contribution in [2.75, 3.05) is 6.61 Å². The minimum absolute atomic E-state index is 0.0258. The number of hydrogen-bond acceptors (Lipinski definition) is 3. The molecule has 1 aliphatic heterocycles. The van der Waals surface area contributed by atoms with E-state index in [1.165, 1.54) is 24.4 Å². The molecule has 3 aromatic carbocycles. The number of hydrogen-bond donors (Lipinski definition) is 2. The fourth-order valence-corrected chi connectivity index (χ4v) is 5.19. The normalized spacial score (nSPS) is 17.0. The summed E-state index contributed by atoms with van der Waals surface area (Å²) in [6, 6.07) is 10.6. The first kappa shape index (κ1) is 23.6. The number of ether oxygens (including phenoxy) is 2. The first-order valence-electron chi connectivity index (χ1n) is 11.4. The Morgan fingerprint density at radius 2 is 1.86 bits per heavy atom. The van der Waals surface area contributed by atoms with Crippen LogP contribution in [0, 0.1) is 23.3 Å². The van der Waals surface area contributed by atoms with E-state index in [0.29, 0.717) is 18.7 Å². The first-order chi connectivity index (χ1) is 17.8. The third-order valence-electron chi connectivity index (χ3n) is 6.76. The van der Waals surface area contributed by atoms with Gasteiger partial charge in [0, 0.05) is 28.8 Å². The van der Waals surface area contributed by atoms with Gasteiger partial charge in [0.15, 0.2) is 11.6 Å². The van der Waals surface area contributed by atoms with Gasteiger partial charge in [0.25, 0.3) is 0 Å². The highest BCUT2D eigenvalue weighted by Crippen LogP contribution is 2.46. The van der Waals surface area contributed by atoms with Crippen LogP contribution in [-0.2, 0) is 5.41 Å². The topological polar surface area (TPSA) is 62.9 Å². The van der Waals surface area contributed by atoms with Crippen LogP contribution >= 0.6 is 15.9 Å². The molecule has 0 saturated carbocycles. The number of aromatic nitrogens is 3. The number of benzene rings is 3. The molecule has 1 aliphatic rings. The molecule has 2 N–H and O–H groups in total. The van der Waals surface area contributed by atoms with E-state index in [-0.39, 0.29) is 28.0 Å². The van der Waals surface area contributed by atoms with E-state index in [4.69, 9.17) is 9.47 Å². The van der Waals surface area contributed by atoms with Crippen LogP contribution in [0.25, 0.3) is 22.3 Å². The van der Waals surface area contributed by atoms with Crippen LogP contribution in [0.5, 0.6) is 17.2 Å². The van der Waals surface area contributed by atoms with Crippen molar-refractivity contribution in [2.45, 2.75) is 18.8 Å². The third kappa shape index (κ3) is 3.69. The Bertz CT molecular complexity index is 1680. The lowest BCUT2D eigenvalue weighted by atomic mass is 9.75. The Morgan fingerprint density at radius 1 is 1.03 bits per heavy atom. The van der Waals surface area contributed by atoms with E-state index in [0.717, 1.165) is 21.9 Å². The number of fused-ring (bicyclic) bond motifs is 2. The summed E-state index contributed by atoms with van der Waals surface area (Å²) in [5.41, 5.74) is 0.829. The molecule has 0 radical (unpaired) electrons. The van der Waals surface area contributed by atoms with Crippen LogP contribution < -0.4 is 9.47 Å². The van der Waals surface area contributed by atoms with Gasteiger partial charge in [0.05, 0.1) is 27.9 Å². The van der Waals surface area contributed by atoms with Crippen molar-refractivity contribution in [2.24, 2.45) is 0 Å². The lowest BCUT2D eigenvalue weighted by molar-refractivity contribution is 0.240. The van der Waals surface area contributed by atoms with Crippen LogP contribution in [0.3, 0.4) is 0 Å². The van der Waals surface area contributed by atoms with Crippen molar-refractivity contribution in [3.8, 4) is 28.6 Å². The summed E-state index contributed by atoms with van der Waals surface area (Å²) in [4.78, 5) is 10.1. The molecule has 188 valence electrons. The van der Waals surface area contributed by atoms with E-state index < -0.39 is 34.4 Å². The number of rotatable bonds is 4. The van der Waals surface area contributed by atoms with Gasteiger partial charge >= 0.3 is 0 Å². The summed E-state index contributed by atoms with van der Waals surface area (Å²) in [7, 11) is 0. The minimum Gasteiger partial charge on any atom is -0.492 e. The fraction of sp³-hybridized carbons (Fsp3) is 0.148. The number of nitrogens with zero attached hydrogens (tertiary/aromatic N) is 1. The van der Waals surface area contributed by atoms with Gasteiger partial charge in [-0.1, -0.05) is 12.1 Å². The van der Waals surface area contributed by atoms with Crippen molar-refractivity contribution in [1.82, 2.24) is 15.0 Å². The first-order valence-corrected chi connectivity index (χ1v) is 12.2. The molecule has 0 aliphatic carbocycles. The molecule has 3 heterocycles. The van der Waals surface area contributed by atoms with E-state index >= 15 is 0 Å². The Kier molecular flexibility index (Phi) is 5.52. The molecule has 2 aromatic heterocycles. The van der Waals surface area contributed by atoms with Gasteiger partial charge < -0.3 is 19.4 Å². The third-order valence-corrected chi connectivity index (χ3v) is 7.38. The van der Waals surface area contributed by atoms with Crippen molar-refractivity contribution in [3.63, 3.8) is 0 Å². The number of nitrogens with one attached hydrogen (secondary N) is 2. The Labute approximate surface area is 216 Å². The highest BCUT2D eigenvalue weighted by Gasteiger charge is 2.38. The summed E-state index contributed by atoms with van der Waals surface area (Å²) < 4.78 is 70.8. The molecule has 0 bridgehead atoms. The van der Waals surface area contributed by atoms with Gasteiger partial charge in [-0.05, 0) is 59.6 Å². The molecular weight excluding hydrogens is 554 g/mol. The summed E-state index contributed by atoms with van der Waals surface area (Å²) in [6.07, 6.45) is 3.64. The monoisotopic (exact) mass is 571 g/mol. The van der Waals surface area contributed by atoms with Crippen LogP contribution in [0.2, 0.25) is 0 Å². The molecule has 10 heteroatoms. The quantitative estimate of drug-likeness (QED) is 0.171. The maximum atomic E-state index is 14.9. The van der Waals surface area contributed by atoms with Gasteiger partial charge in [0.1, 0.15) is 23.1 Å². The smallest absolute Gasteiger partial charge is 0.206 e. The van der Waals surface area contributed by atoms with Gasteiger partial charge in [-0.3, -0.25) is 0 Å². The molecule has 37 heavy (non-hydrogen) atoms. The molecule has 6 rings (SSSR count). The molecule has 0 saturated heterocycles. The van der Waals surface area contributed by atoms with Crippen molar-refractivity contribution in [3.05, 3.63) is 93.9 Å². The Morgan fingerprint density at radius 3 is 2.70 bits per heavy atom. The maximum absolute atomic E-state index is 14.9. The second-order valence-corrected chi connectivity index (χ2v) is 9.82. The largest absolute Gasteiger partial charge is 0.492 e. The summed E-state index contributed by atoms with van der Waals surface area (Å²) in [5.74, 6) is -4.53. The van der Waals surface area contributed by atoms with E-state index in [1.807, 2.05) is 25.1 Å². The zero-order valence-electron chi connectivity index (χ0n) is 19.3. The van der Waals surface area contributed by atoms with Crippen LogP contribution in [-0.4, -0.2) is 21.6 Å². The van der Waals surface area contributed by atoms with Crippen LogP contribution in [0.1, 0.15) is 24.6 Å². The highest BCUT2D eigenvalue weighted by atomic mass is 79.9. The second-order valence-electron chi connectivity index (χ2n) is 8.96. The summed E-state index contributed by atoms with van der Waals surface area (Å²) in [6.45, 7) is 2.51. The molecule has 5 nitrogen and oxygen atoms in total. The van der Waals surface area contributed by atoms with E-state index in [2.05, 4.69) is 30.9 Å². The van der Waals surface area contributed by atoms with Crippen LogP contribution in [0.15, 0.2) is 59.3 Å². The van der Waals surface area contributed by atoms with Crippen molar-refractivity contribution >= 4 is 26.8 Å². The zero-order valence-corrected chi connectivity index (χ0v) is 20.8. The average molecular weight is 572 g/mol. The lowest BCUT2D eigenvalue weighted by Gasteiger charge is -2.35. The summed E-state index contributed by atoms with van der Waals surface area (Å²) >= 11 is 3.52. The van der Waals surface area contributed by atoms with E-state index in [9.17, 15) is 17.6 Å². The zero-order chi connectivity index (χ0) is 25.9. The number of H-pyrrole nitrogens is 2. The van der Waals surface area contributed by atoms with Gasteiger partial charge in [0.2, 0.25) is 11.6 Å². The molecule has 5 aromatic rings. The molecule has 0 fully saturated rings. The number of aromatic amines is 2. The highest BCUT2D eigenvalue weighted by molar-refractivity contribution is 9.10. The average Bonchev–Trinajstić information content (AvgIpc) is 3.58. The SMILES string of the molecule is C[C@@]1(c2c[nH]c(-c3cc(Oc4c(F)c(F)c5[nH]ccc5c4F)ccc3F)n2)CCOc2c(Br)cccc21.